The van der Waals surface area contributed by atoms with Gasteiger partial charge in [0.25, 0.3) is 0 Å². The number of carboxylic acids is 1. The number of Topliss-reactive ketones (excluding diaryl/α,β-unsaturated/α-hetero) is 3. The van der Waals surface area contributed by atoms with E-state index in [0.717, 1.165) is 32.1 Å². The zero-order chi connectivity index (χ0) is 84.1. The third-order valence-electron chi connectivity index (χ3n) is 21.7. The standard InChI is InChI=1S/C84H102Cl3N9O18S/c1-8-48(2)74-79(106)91-65(40-53-21-15-25-61(86)38-53)82(109)94(5)49(3)76(103)93-75(50(4)98)80(107)89-64(43-56-30-29-55-23-12-13-27-63(55)56)77(104)90-66(41-54-22-16-26-62(87)39-54)83(110)95(6)69(42-51-18-10-9-11-19-51)72(101)44-57(33-35-115(7,113)114)71(100)45-59(36-52-20-14-24-60(85)37-52)70(99)32-31-58(46-73(102)88-67(47-97)78(105)92-74)81(108)96-34-17-28-68(96)84(111)112/h9-16,18-27,30,37-39,48-50,57-59,64-69,74-75,97-98H,8,17,28-29,31-36,40-47H2,1-7H3,(H,88,102)(H,89,107)(H,90,104)(H,91,106)(H,92,105)(H,93,103)(H,111,112)/t48-,49-,50+,57+,58-,59+,64-,65-,66-,67-,68-,69-,74-,75-/m0/s1. The number of halogens is 3. The quantitative estimate of drug-likeness (QED) is 0.0459. The topological polar surface area (TPSA) is 399 Å². The summed E-state index contributed by atoms with van der Waals surface area (Å²) in [6.45, 7) is 4.69. The van der Waals surface area contributed by atoms with E-state index in [1.807, 2.05) is 24.3 Å². The zero-order valence-electron chi connectivity index (χ0n) is 65.4. The minimum atomic E-state index is -3.89. The Morgan fingerprint density at radius 1 is 0.565 bits per heavy atom. The summed E-state index contributed by atoms with van der Waals surface area (Å²) in [7, 11) is -1.32. The number of carboxylic acid groups (broad SMARTS) is 1. The summed E-state index contributed by atoms with van der Waals surface area (Å²) in [6.07, 6.45) is -2.63. The Labute approximate surface area is 684 Å². The summed E-state index contributed by atoms with van der Waals surface area (Å²) >= 11 is 19.5. The number of hydrogen-bond acceptors (Lipinski definition) is 17. The first kappa shape index (κ1) is 90.8. The van der Waals surface area contributed by atoms with Gasteiger partial charge in [-0.15, -0.1) is 0 Å². The van der Waals surface area contributed by atoms with Crippen LogP contribution in [-0.4, -0.2) is 215 Å². The summed E-state index contributed by atoms with van der Waals surface area (Å²) in [6, 6.07) is 20.7. The van der Waals surface area contributed by atoms with Crippen LogP contribution in [0.4, 0.5) is 0 Å². The van der Waals surface area contributed by atoms with E-state index >= 15 is 33.6 Å². The van der Waals surface area contributed by atoms with Crippen molar-refractivity contribution < 1.29 is 86.1 Å². The third kappa shape index (κ3) is 25.9. The van der Waals surface area contributed by atoms with Crippen LogP contribution in [0.3, 0.4) is 0 Å². The van der Waals surface area contributed by atoms with Gasteiger partial charge in [0, 0.05) is 105 Å². The van der Waals surface area contributed by atoms with Crippen LogP contribution in [-0.2, 0) is 104 Å². The number of sulfone groups is 1. The highest BCUT2D eigenvalue weighted by Crippen LogP contribution is 2.33. The molecule has 0 unspecified atom stereocenters. The van der Waals surface area contributed by atoms with Crippen LogP contribution in [0, 0.1) is 23.7 Å². The lowest BCUT2D eigenvalue weighted by molar-refractivity contribution is -0.150. The molecule has 0 radical (unpaired) electrons. The lowest BCUT2D eigenvalue weighted by Gasteiger charge is -2.33. The Morgan fingerprint density at radius 3 is 1.67 bits per heavy atom. The summed E-state index contributed by atoms with van der Waals surface area (Å²) in [5.74, 6) is -17.8. The van der Waals surface area contributed by atoms with E-state index < -0.39 is 221 Å². The van der Waals surface area contributed by atoms with E-state index in [-0.39, 0.29) is 73.0 Å². The van der Waals surface area contributed by atoms with Crippen molar-refractivity contribution in [2.75, 3.05) is 39.3 Å². The number of carbonyl (C=O) groups is 13. The number of benzene rings is 5. The van der Waals surface area contributed by atoms with Crippen molar-refractivity contribution in [1.82, 2.24) is 46.6 Å². The second-order valence-electron chi connectivity index (χ2n) is 30.2. The number of allylic oxidation sites excluding steroid dienone is 1. The van der Waals surface area contributed by atoms with Gasteiger partial charge in [0.2, 0.25) is 53.2 Å². The van der Waals surface area contributed by atoms with Crippen LogP contribution < -0.4 is 31.9 Å². The number of likely N-dealkylation sites (N-methyl/N-ethyl adjacent to an activating group) is 2. The van der Waals surface area contributed by atoms with E-state index in [0.29, 0.717) is 34.2 Å². The fourth-order valence-corrected chi connectivity index (χ4v) is 16.1. The van der Waals surface area contributed by atoms with Crippen LogP contribution in [0.15, 0.2) is 133 Å². The van der Waals surface area contributed by atoms with Gasteiger partial charge in [-0.25, -0.2) is 13.2 Å². The number of hydrogen-bond donors (Lipinski definition) is 9. The largest absolute Gasteiger partial charge is 0.480 e. The SMILES string of the molecule is CC[C@H](C)[C@@H]1NC(=O)[C@H](CO)NC(=O)C[C@@H](C(=O)N2CCC[C@H]2C(=O)O)CCC(=O)[C@H](Cc2cccc(Cl)c2)CC(=O)[C@H](CCS(C)(=O)=O)CC(=O)[C@H](Cc2ccccc2)N(C)C(=O)[C@H](Cc2cccc(Cl)c2)NC(=O)[C@H](CC2=CCc3ccccc32)NC(=O)[C@H]([C@@H](C)O)NC(=O)[C@H](C)N(C)C(=O)[C@H](Cc2cccc(Cl)c2)NC1=O. The second kappa shape index (κ2) is 42.2. The molecule has 14 atom stereocenters. The Balaban J connectivity index is 1.24. The van der Waals surface area contributed by atoms with Gasteiger partial charge in [0.15, 0.2) is 5.78 Å². The molecule has 3 aliphatic rings. The normalized spacial score (nSPS) is 24.9. The molecule has 2 fully saturated rings. The molecule has 1 aliphatic carbocycles. The number of nitrogens with zero attached hydrogens (tertiary/aromatic N) is 3. The van der Waals surface area contributed by atoms with Crippen LogP contribution in [0.5, 0.6) is 0 Å². The van der Waals surface area contributed by atoms with E-state index in [9.17, 15) is 52.5 Å². The van der Waals surface area contributed by atoms with E-state index in [2.05, 4.69) is 31.9 Å². The van der Waals surface area contributed by atoms with Gasteiger partial charge in [-0.2, -0.15) is 0 Å². The zero-order valence-corrected chi connectivity index (χ0v) is 68.4. The molecule has 0 saturated carbocycles. The highest BCUT2D eigenvalue weighted by Gasteiger charge is 2.43. The molecule has 27 nitrogen and oxygen atoms in total. The molecule has 5 aromatic rings. The van der Waals surface area contributed by atoms with Crippen LogP contribution in [0.2, 0.25) is 15.1 Å². The average molecular weight is 1660 g/mol. The molecule has 618 valence electrons. The lowest BCUT2D eigenvalue weighted by atomic mass is 9.81. The predicted octanol–water partition coefficient (Wildman–Crippen LogP) is 5.98. The molecule has 0 bridgehead atoms. The monoisotopic (exact) mass is 1660 g/mol. The van der Waals surface area contributed by atoms with Crippen LogP contribution >= 0.6 is 34.8 Å². The first-order chi connectivity index (χ1) is 54.5. The summed E-state index contributed by atoms with van der Waals surface area (Å²) in [4.78, 5) is 197. The van der Waals surface area contributed by atoms with E-state index in [1.165, 1.54) is 34.0 Å². The Bertz CT molecular complexity index is 4550. The number of amides is 9. The summed E-state index contributed by atoms with van der Waals surface area (Å²) in [5.41, 5.74) is 4.09. The number of nitrogens with one attached hydrogen (secondary N) is 6. The molecule has 0 spiro atoms. The maximum atomic E-state index is 15.8. The molecule has 2 aliphatic heterocycles. The summed E-state index contributed by atoms with van der Waals surface area (Å²) < 4.78 is 26.3. The molecule has 115 heavy (non-hydrogen) atoms. The molecule has 0 aromatic heterocycles. The fourth-order valence-electron chi connectivity index (χ4n) is 14.7. The molecular formula is C84H102Cl3N9O18S. The van der Waals surface area contributed by atoms with Gasteiger partial charge in [0.1, 0.15) is 69.7 Å². The van der Waals surface area contributed by atoms with Crippen LogP contribution in [0.1, 0.15) is 125 Å². The van der Waals surface area contributed by atoms with Crippen molar-refractivity contribution in [2.24, 2.45) is 23.7 Å². The van der Waals surface area contributed by atoms with Gasteiger partial charge in [0.05, 0.1) is 24.5 Å². The molecular weight excluding hydrogens is 1560 g/mol. The predicted molar refractivity (Wildman–Crippen MR) is 432 cm³/mol. The number of likely N-dealkylation sites (tertiary alicyclic amines) is 1. The van der Waals surface area contributed by atoms with Crippen LogP contribution in [0.25, 0.3) is 5.57 Å². The van der Waals surface area contributed by atoms with Gasteiger partial charge < -0.3 is 61.9 Å². The maximum absolute atomic E-state index is 15.8. The van der Waals surface area contributed by atoms with Crippen molar-refractivity contribution in [3.05, 3.63) is 182 Å². The molecule has 9 amide bonds. The molecule has 5 aromatic carbocycles. The molecule has 31 heteroatoms. The number of carbonyl (C=O) groups excluding carboxylic acids is 12. The molecule has 9 N–H and O–H groups in total. The first-order valence-electron chi connectivity index (χ1n) is 38.5. The smallest absolute Gasteiger partial charge is 0.326 e. The number of aliphatic hydroxyl groups excluding tert-OH is 2. The van der Waals surface area contributed by atoms with Crippen molar-refractivity contribution in [3.63, 3.8) is 0 Å². The van der Waals surface area contributed by atoms with Gasteiger partial charge in [-0.1, -0.05) is 152 Å². The van der Waals surface area contributed by atoms with Crippen molar-refractivity contribution in [2.45, 2.75) is 184 Å². The molecule has 2 saturated heterocycles. The highest BCUT2D eigenvalue weighted by atomic mass is 35.5. The van der Waals surface area contributed by atoms with Crippen molar-refractivity contribution in [3.8, 4) is 0 Å². The van der Waals surface area contributed by atoms with Gasteiger partial charge >= 0.3 is 5.97 Å². The number of aliphatic hydroxyl groups is 2. The van der Waals surface area contributed by atoms with E-state index in [4.69, 9.17) is 34.8 Å². The lowest BCUT2D eigenvalue weighted by Crippen LogP contribution is -2.62. The van der Waals surface area contributed by atoms with Gasteiger partial charge in [-0.3, -0.25) is 57.5 Å². The third-order valence-corrected chi connectivity index (χ3v) is 23.4. The summed E-state index contributed by atoms with van der Waals surface area (Å²) in [5, 5.41) is 49.1. The number of fused-ring (bicyclic) bond motifs is 1. The minimum absolute atomic E-state index is 0.0475. The Kier molecular flexibility index (Phi) is 33.4. The number of rotatable bonds is 19. The van der Waals surface area contributed by atoms with Crippen molar-refractivity contribution >= 4 is 127 Å². The van der Waals surface area contributed by atoms with Gasteiger partial charge in [-0.05, 0) is 140 Å². The first-order valence-corrected chi connectivity index (χ1v) is 41.7. The fraction of sp³-hybridized carbons (Fsp3) is 0.464. The second-order valence-corrected chi connectivity index (χ2v) is 33.8. The number of ketones is 3. The number of aliphatic carboxylic acids is 1. The Morgan fingerprint density at radius 2 is 1.10 bits per heavy atom. The average Bonchev–Trinajstić information content (AvgIpc) is 1.81. The molecule has 8 rings (SSSR count). The highest BCUT2D eigenvalue weighted by molar-refractivity contribution is 7.90. The molecule has 2 heterocycles. The minimum Gasteiger partial charge on any atom is -0.480 e. The Hall–Kier alpha value is -9.71. The van der Waals surface area contributed by atoms with E-state index in [1.54, 1.807) is 117 Å². The maximum Gasteiger partial charge on any atom is 0.326 e. The van der Waals surface area contributed by atoms with Crippen molar-refractivity contribution in [1.29, 1.82) is 0 Å².